The number of para-hydroxylation sites is 2. The molecule has 5 rings (SSSR count). The summed E-state index contributed by atoms with van der Waals surface area (Å²) in [5.74, 6) is 3.94. The van der Waals surface area contributed by atoms with Gasteiger partial charge in [-0.15, -0.1) is 0 Å². The van der Waals surface area contributed by atoms with Crippen LogP contribution >= 0.6 is 0 Å². The van der Waals surface area contributed by atoms with E-state index in [1.807, 2.05) is 71.6 Å². The molecule has 0 aromatic heterocycles. The maximum atomic E-state index is 13.1. The zero-order valence-electron chi connectivity index (χ0n) is 20.2. The minimum atomic E-state index is 0.0330. The zero-order valence-corrected chi connectivity index (χ0v) is 20.2. The Morgan fingerprint density at radius 2 is 1.71 bits per heavy atom. The van der Waals surface area contributed by atoms with Crippen LogP contribution < -0.4 is 14.2 Å². The number of piperazine rings is 1. The van der Waals surface area contributed by atoms with E-state index in [0.717, 1.165) is 45.6 Å². The van der Waals surface area contributed by atoms with Crippen molar-refractivity contribution in [2.75, 3.05) is 33.9 Å². The lowest BCUT2D eigenvalue weighted by Crippen LogP contribution is -2.55. The third kappa shape index (κ3) is 4.67. The van der Waals surface area contributed by atoms with E-state index >= 15 is 0 Å². The van der Waals surface area contributed by atoms with Crippen molar-refractivity contribution in [2.45, 2.75) is 19.4 Å². The Morgan fingerprint density at radius 1 is 0.971 bits per heavy atom. The SMILES string of the molecule is COc1ccc(CC(=O)N2CCN(C3=Nc4ccccc4Oc4ccc(OC)cc43)CC2C)cc1. The van der Waals surface area contributed by atoms with Gasteiger partial charge in [0.25, 0.3) is 0 Å². The number of benzene rings is 3. The molecule has 7 heteroatoms. The van der Waals surface area contributed by atoms with Crippen LogP contribution in [0.1, 0.15) is 18.1 Å². The number of carbonyl (C=O) groups excluding carboxylic acids is 1. The summed E-state index contributed by atoms with van der Waals surface area (Å²) in [6.45, 7) is 4.06. The molecule has 1 fully saturated rings. The molecule has 35 heavy (non-hydrogen) atoms. The van der Waals surface area contributed by atoms with Gasteiger partial charge in [0.05, 0.1) is 26.2 Å². The summed E-state index contributed by atoms with van der Waals surface area (Å²) >= 11 is 0. The van der Waals surface area contributed by atoms with Crippen molar-refractivity contribution in [2.24, 2.45) is 4.99 Å². The molecule has 7 nitrogen and oxygen atoms in total. The molecule has 2 aliphatic rings. The summed E-state index contributed by atoms with van der Waals surface area (Å²) in [6.07, 6.45) is 0.372. The molecule has 0 N–H and O–H groups in total. The molecule has 180 valence electrons. The van der Waals surface area contributed by atoms with Crippen molar-refractivity contribution in [3.8, 4) is 23.0 Å². The number of ether oxygens (including phenoxy) is 3. The maximum Gasteiger partial charge on any atom is 0.227 e. The van der Waals surface area contributed by atoms with Gasteiger partial charge in [-0.3, -0.25) is 4.79 Å². The number of nitrogens with zero attached hydrogens (tertiary/aromatic N) is 3. The lowest BCUT2D eigenvalue weighted by atomic mass is 10.1. The Hall–Kier alpha value is -4.00. The number of carbonyl (C=O) groups is 1. The van der Waals surface area contributed by atoms with Crippen LogP contribution in [0.3, 0.4) is 0 Å². The summed E-state index contributed by atoms with van der Waals surface area (Å²) in [4.78, 5) is 22.3. The van der Waals surface area contributed by atoms with E-state index in [4.69, 9.17) is 19.2 Å². The molecular formula is C28H29N3O4. The number of amides is 1. The summed E-state index contributed by atoms with van der Waals surface area (Å²) < 4.78 is 16.9. The quantitative estimate of drug-likeness (QED) is 0.554. The van der Waals surface area contributed by atoms with E-state index in [2.05, 4.69) is 11.8 Å². The Morgan fingerprint density at radius 3 is 2.46 bits per heavy atom. The highest BCUT2D eigenvalue weighted by Gasteiger charge is 2.31. The van der Waals surface area contributed by atoms with Crippen LogP contribution in [0, 0.1) is 0 Å². The average Bonchev–Trinajstić information content (AvgIpc) is 3.05. The number of aliphatic imine (C=N–C) groups is 1. The fourth-order valence-corrected chi connectivity index (χ4v) is 4.61. The van der Waals surface area contributed by atoms with Crippen LogP contribution in [0.15, 0.2) is 71.7 Å². The second-order valence-corrected chi connectivity index (χ2v) is 8.77. The average molecular weight is 472 g/mol. The van der Waals surface area contributed by atoms with E-state index in [1.165, 1.54) is 0 Å². The molecule has 1 amide bonds. The first-order valence-corrected chi connectivity index (χ1v) is 11.8. The van der Waals surface area contributed by atoms with Crippen molar-refractivity contribution in [1.29, 1.82) is 0 Å². The molecule has 3 aromatic rings. The smallest absolute Gasteiger partial charge is 0.227 e. The molecular weight excluding hydrogens is 442 g/mol. The van der Waals surface area contributed by atoms with Crippen LogP contribution in [0.2, 0.25) is 0 Å². The molecule has 2 heterocycles. The second kappa shape index (κ2) is 9.70. The topological polar surface area (TPSA) is 63.6 Å². The van der Waals surface area contributed by atoms with E-state index in [1.54, 1.807) is 14.2 Å². The van der Waals surface area contributed by atoms with Gasteiger partial charge in [0, 0.05) is 25.7 Å². The van der Waals surface area contributed by atoms with Crippen molar-refractivity contribution < 1.29 is 19.0 Å². The number of hydrogen-bond acceptors (Lipinski definition) is 6. The van der Waals surface area contributed by atoms with Gasteiger partial charge in [0.2, 0.25) is 5.91 Å². The second-order valence-electron chi connectivity index (χ2n) is 8.77. The fraction of sp³-hybridized carbons (Fsp3) is 0.286. The van der Waals surface area contributed by atoms with Crippen molar-refractivity contribution in [3.63, 3.8) is 0 Å². The molecule has 0 spiro atoms. The molecule has 0 radical (unpaired) electrons. The Labute approximate surface area is 205 Å². The number of amidine groups is 1. The lowest BCUT2D eigenvalue weighted by molar-refractivity contribution is -0.134. The predicted octanol–water partition coefficient (Wildman–Crippen LogP) is 4.66. The van der Waals surface area contributed by atoms with E-state index in [0.29, 0.717) is 26.1 Å². The molecule has 0 aliphatic carbocycles. The summed E-state index contributed by atoms with van der Waals surface area (Å²) in [5, 5.41) is 0. The largest absolute Gasteiger partial charge is 0.497 e. The minimum Gasteiger partial charge on any atom is -0.497 e. The van der Waals surface area contributed by atoms with Crippen molar-refractivity contribution >= 4 is 17.4 Å². The lowest BCUT2D eigenvalue weighted by Gasteiger charge is -2.41. The molecule has 1 unspecified atom stereocenters. The van der Waals surface area contributed by atoms with Crippen LogP contribution in [0.25, 0.3) is 0 Å². The zero-order chi connectivity index (χ0) is 24.4. The first kappa shape index (κ1) is 22.8. The van der Waals surface area contributed by atoms with Gasteiger partial charge in [0.1, 0.15) is 28.8 Å². The normalized spacial score (nSPS) is 16.9. The fourth-order valence-electron chi connectivity index (χ4n) is 4.61. The Kier molecular flexibility index (Phi) is 6.31. The third-order valence-corrected chi connectivity index (χ3v) is 6.50. The van der Waals surface area contributed by atoms with Gasteiger partial charge in [-0.2, -0.15) is 0 Å². The van der Waals surface area contributed by atoms with Gasteiger partial charge in [-0.25, -0.2) is 4.99 Å². The molecule has 1 atom stereocenters. The predicted molar refractivity (Wildman–Crippen MR) is 135 cm³/mol. The van der Waals surface area contributed by atoms with Crippen molar-refractivity contribution in [1.82, 2.24) is 9.80 Å². The Balaban J connectivity index is 1.38. The first-order valence-electron chi connectivity index (χ1n) is 11.8. The molecule has 1 saturated heterocycles. The van der Waals surface area contributed by atoms with Gasteiger partial charge in [-0.1, -0.05) is 24.3 Å². The highest BCUT2D eigenvalue weighted by atomic mass is 16.5. The molecule has 0 saturated carbocycles. The molecule has 3 aromatic carbocycles. The van der Waals surface area contributed by atoms with Crippen LogP contribution in [-0.2, 0) is 11.2 Å². The highest BCUT2D eigenvalue weighted by Crippen LogP contribution is 2.39. The highest BCUT2D eigenvalue weighted by molar-refractivity contribution is 6.04. The van der Waals surface area contributed by atoms with Crippen LogP contribution in [0.5, 0.6) is 23.0 Å². The summed E-state index contributed by atoms with van der Waals surface area (Å²) in [7, 11) is 3.29. The standard InChI is InChI=1S/C28H29N3O4/c1-19-18-30(14-15-31(19)27(32)16-20-8-10-21(33-2)11-9-20)28-23-17-22(34-3)12-13-25(23)35-26-7-5-4-6-24(26)29-28/h4-13,17,19H,14-16,18H2,1-3H3. The first-order chi connectivity index (χ1) is 17.1. The van der Waals surface area contributed by atoms with Gasteiger partial charge in [0.15, 0.2) is 5.75 Å². The van der Waals surface area contributed by atoms with E-state index in [-0.39, 0.29) is 11.9 Å². The summed E-state index contributed by atoms with van der Waals surface area (Å²) in [6, 6.07) is 21.3. The van der Waals surface area contributed by atoms with Crippen LogP contribution in [-0.4, -0.2) is 61.4 Å². The van der Waals surface area contributed by atoms with E-state index < -0.39 is 0 Å². The third-order valence-electron chi connectivity index (χ3n) is 6.50. The molecule has 2 aliphatic heterocycles. The van der Waals surface area contributed by atoms with Gasteiger partial charge in [-0.05, 0) is 55.0 Å². The number of fused-ring (bicyclic) bond motifs is 2. The molecule has 0 bridgehead atoms. The minimum absolute atomic E-state index is 0.0330. The maximum absolute atomic E-state index is 13.1. The number of methoxy groups -OCH3 is 2. The number of hydrogen-bond donors (Lipinski definition) is 0. The van der Waals surface area contributed by atoms with Gasteiger partial charge < -0.3 is 24.0 Å². The summed E-state index contributed by atoms with van der Waals surface area (Å²) in [5.41, 5.74) is 2.64. The monoisotopic (exact) mass is 471 g/mol. The number of rotatable bonds is 4. The van der Waals surface area contributed by atoms with E-state index in [9.17, 15) is 4.79 Å². The van der Waals surface area contributed by atoms with Gasteiger partial charge >= 0.3 is 0 Å². The Bertz CT molecular complexity index is 1260. The van der Waals surface area contributed by atoms with Crippen molar-refractivity contribution in [3.05, 3.63) is 77.9 Å². The van der Waals surface area contributed by atoms with Crippen LogP contribution in [0.4, 0.5) is 5.69 Å².